The normalized spacial score (nSPS) is 19.2. The van der Waals surface area contributed by atoms with E-state index < -0.39 is 10.0 Å². The predicted octanol–water partition coefficient (Wildman–Crippen LogP) is 3.29. The zero-order chi connectivity index (χ0) is 21.1. The number of amides is 1. The van der Waals surface area contributed by atoms with Crippen LogP contribution >= 0.6 is 0 Å². The summed E-state index contributed by atoms with van der Waals surface area (Å²) in [6.45, 7) is 2.57. The lowest BCUT2D eigenvalue weighted by Crippen LogP contribution is -2.39. The van der Waals surface area contributed by atoms with Gasteiger partial charge in [-0.3, -0.25) is 4.79 Å². The molecule has 1 amide bonds. The molecule has 2 aliphatic rings. The number of aromatic nitrogens is 1. The highest BCUT2D eigenvalue weighted by atomic mass is 32.2. The van der Waals surface area contributed by atoms with E-state index in [9.17, 15) is 13.2 Å². The second-order valence-corrected chi connectivity index (χ2v) is 10.5. The van der Waals surface area contributed by atoms with Crippen molar-refractivity contribution in [2.24, 2.45) is 13.0 Å². The lowest BCUT2D eigenvalue weighted by atomic mass is 9.90. The van der Waals surface area contributed by atoms with Crippen molar-refractivity contribution in [2.45, 2.75) is 43.4 Å². The Bertz CT molecular complexity index is 970. The molecule has 2 saturated heterocycles. The first kappa shape index (κ1) is 21.1. The van der Waals surface area contributed by atoms with Crippen LogP contribution in [0.15, 0.2) is 47.5 Å². The summed E-state index contributed by atoms with van der Waals surface area (Å²) in [6.07, 6.45) is 7.45. The maximum absolute atomic E-state index is 13.1. The monoisotopic (exact) mass is 429 g/mol. The van der Waals surface area contributed by atoms with Gasteiger partial charge in [0.25, 0.3) is 5.91 Å². The Morgan fingerprint density at radius 2 is 1.67 bits per heavy atom. The molecule has 0 spiro atoms. The SMILES string of the molecule is Cn1cc(S(=O)(=O)N2CCCCC2)cc1C(=O)N1CCC(Cc2ccccc2)CC1. The number of likely N-dealkylation sites (tertiary alicyclic amines) is 1. The first-order chi connectivity index (χ1) is 14.4. The van der Waals surface area contributed by atoms with Crippen LogP contribution in [0.1, 0.15) is 48.2 Å². The van der Waals surface area contributed by atoms with E-state index in [1.807, 2.05) is 11.0 Å². The minimum atomic E-state index is -3.53. The van der Waals surface area contributed by atoms with Crippen LogP contribution in [0.3, 0.4) is 0 Å². The Balaban J connectivity index is 1.41. The third-order valence-electron chi connectivity index (χ3n) is 6.42. The average molecular weight is 430 g/mol. The van der Waals surface area contributed by atoms with Gasteiger partial charge in [-0.1, -0.05) is 36.8 Å². The van der Waals surface area contributed by atoms with Gasteiger partial charge in [0.05, 0.1) is 0 Å². The van der Waals surface area contributed by atoms with Crippen LogP contribution in [0.4, 0.5) is 0 Å². The largest absolute Gasteiger partial charge is 0.345 e. The molecular weight excluding hydrogens is 398 g/mol. The van der Waals surface area contributed by atoms with E-state index in [0.29, 0.717) is 24.7 Å². The molecule has 162 valence electrons. The predicted molar refractivity (Wildman–Crippen MR) is 117 cm³/mol. The van der Waals surface area contributed by atoms with Crippen LogP contribution in [0.25, 0.3) is 0 Å². The first-order valence-corrected chi connectivity index (χ1v) is 12.4. The van der Waals surface area contributed by atoms with Gasteiger partial charge in [-0.2, -0.15) is 4.31 Å². The van der Waals surface area contributed by atoms with Gasteiger partial charge in [0.2, 0.25) is 10.0 Å². The molecule has 3 heterocycles. The maximum atomic E-state index is 13.1. The second kappa shape index (κ2) is 8.94. The fraction of sp³-hybridized carbons (Fsp3) is 0.522. The van der Waals surface area contributed by atoms with Crippen LogP contribution in [-0.2, 0) is 23.5 Å². The third-order valence-corrected chi connectivity index (χ3v) is 8.28. The standard InChI is InChI=1S/C23H31N3O3S/c1-24-18-21(30(28,29)26-12-6-3-7-13-26)17-22(24)23(27)25-14-10-20(11-15-25)16-19-8-4-2-5-9-19/h2,4-5,8-9,17-18,20H,3,6-7,10-16H2,1H3. The number of carbonyl (C=O) groups is 1. The highest BCUT2D eigenvalue weighted by molar-refractivity contribution is 7.89. The zero-order valence-corrected chi connectivity index (χ0v) is 18.5. The molecule has 0 saturated carbocycles. The molecule has 0 unspecified atom stereocenters. The quantitative estimate of drug-likeness (QED) is 0.733. The van der Waals surface area contributed by atoms with E-state index in [1.54, 1.807) is 28.2 Å². The van der Waals surface area contributed by atoms with E-state index in [1.165, 1.54) is 5.56 Å². The Morgan fingerprint density at radius 1 is 1.00 bits per heavy atom. The van der Waals surface area contributed by atoms with Gasteiger partial charge in [-0.05, 0) is 49.7 Å². The Morgan fingerprint density at radius 3 is 2.33 bits per heavy atom. The highest BCUT2D eigenvalue weighted by Crippen LogP contribution is 2.25. The number of aryl methyl sites for hydroxylation is 1. The van der Waals surface area contributed by atoms with Gasteiger partial charge >= 0.3 is 0 Å². The summed E-state index contributed by atoms with van der Waals surface area (Å²) < 4.78 is 29.1. The average Bonchev–Trinajstić information content (AvgIpc) is 3.17. The Hall–Kier alpha value is -2.12. The fourth-order valence-corrected chi connectivity index (χ4v) is 6.18. The first-order valence-electron chi connectivity index (χ1n) is 10.9. The summed E-state index contributed by atoms with van der Waals surface area (Å²) in [7, 11) is -1.77. The number of rotatable bonds is 5. The number of piperidine rings is 2. The van der Waals surface area contributed by atoms with Crippen LogP contribution in [-0.4, -0.2) is 54.3 Å². The number of carbonyl (C=O) groups excluding carboxylic acids is 1. The number of sulfonamides is 1. The van der Waals surface area contributed by atoms with Crippen molar-refractivity contribution in [1.82, 2.24) is 13.8 Å². The summed E-state index contributed by atoms with van der Waals surface area (Å²) in [6, 6.07) is 12.0. The zero-order valence-electron chi connectivity index (χ0n) is 17.7. The number of hydrogen-bond donors (Lipinski definition) is 0. The molecule has 4 rings (SSSR count). The van der Waals surface area contributed by atoms with E-state index in [2.05, 4.69) is 24.3 Å². The molecule has 0 radical (unpaired) electrons. The molecule has 0 bridgehead atoms. The molecule has 6 nitrogen and oxygen atoms in total. The van der Waals surface area contributed by atoms with E-state index in [4.69, 9.17) is 0 Å². The van der Waals surface area contributed by atoms with Crippen molar-refractivity contribution in [3.63, 3.8) is 0 Å². The van der Waals surface area contributed by atoms with E-state index in [0.717, 1.165) is 51.6 Å². The maximum Gasteiger partial charge on any atom is 0.270 e. The van der Waals surface area contributed by atoms with Crippen molar-refractivity contribution < 1.29 is 13.2 Å². The molecule has 0 aliphatic carbocycles. The van der Waals surface area contributed by atoms with Crippen molar-refractivity contribution in [3.05, 3.63) is 53.9 Å². The second-order valence-electron chi connectivity index (χ2n) is 8.56. The lowest BCUT2D eigenvalue weighted by molar-refractivity contribution is 0.0681. The van der Waals surface area contributed by atoms with Crippen LogP contribution in [0.5, 0.6) is 0 Å². The third kappa shape index (κ3) is 4.47. The van der Waals surface area contributed by atoms with E-state index >= 15 is 0 Å². The number of nitrogens with zero attached hydrogens (tertiary/aromatic N) is 3. The molecule has 2 aromatic rings. The highest BCUT2D eigenvalue weighted by Gasteiger charge is 2.30. The lowest BCUT2D eigenvalue weighted by Gasteiger charge is -2.32. The van der Waals surface area contributed by atoms with Gasteiger partial charge in [0.1, 0.15) is 10.6 Å². The Kier molecular flexibility index (Phi) is 6.29. The van der Waals surface area contributed by atoms with Crippen molar-refractivity contribution in [3.8, 4) is 0 Å². The molecule has 7 heteroatoms. The summed E-state index contributed by atoms with van der Waals surface area (Å²) in [5.74, 6) is 0.510. The smallest absolute Gasteiger partial charge is 0.270 e. The summed E-state index contributed by atoms with van der Waals surface area (Å²) in [4.78, 5) is 15.2. The molecule has 1 aromatic heterocycles. The van der Waals surface area contributed by atoms with Crippen LogP contribution in [0, 0.1) is 5.92 Å². The molecule has 2 fully saturated rings. The van der Waals surface area contributed by atoms with Gasteiger partial charge < -0.3 is 9.47 Å². The number of benzene rings is 1. The van der Waals surface area contributed by atoms with Crippen molar-refractivity contribution in [2.75, 3.05) is 26.2 Å². The topological polar surface area (TPSA) is 62.6 Å². The summed E-state index contributed by atoms with van der Waals surface area (Å²) in [5.41, 5.74) is 1.80. The van der Waals surface area contributed by atoms with Gasteiger partial charge in [-0.25, -0.2) is 8.42 Å². The molecule has 0 atom stereocenters. The number of hydrogen-bond acceptors (Lipinski definition) is 3. The minimum Gasteiger partial charge on any atom is -0.345 e. The Labute approximate surface area is 179 Å². The van der Waals surface area contributed by atoms with Gasteiger partial charge in [0, 0.05) is 39.4 Å². The molecular formula is C23H31N3O3S. The minimum absolute atomic E-state index is 0.0734. The summed E-state index contributed by atoms with van der Waals surface area (Å²) in [5, 5.41) is 0. The molecule has 0 N–H and O–H groups in total. The van der Waals surface area contributed by atoms with Crippen LogP contribution in [0.2, 0.25) is 0 Å². The van der Waals surface area contributed by atoms with E-state index in [-0.39, 0.29) is 10.8 Å². The van der Waals surface area contributed by atoms with Gasteiger partial charge in [0.15, 0.2) is 0 Å². The van der Waals surface area contributed by atoms with Gasteiger partial charge in [-0.15, -0.1) is 0 Å². The fourth-order valence-electron chi connectivity index (χ4n) is 4.59. The van der Waals surface area contributed by atoms with Crippen LogP contribution < -0.4 is 0 Å². The molecule has 1 aromatic carbocycles. The molecule has 30 heavy (non-hydrogen) atoms. The summed E-state index contributed by atoms with van der Waals surface area (Å²) >= 11 is 0. The van der Waals surface area contributed by atoms with Crippen molar-refractivity contribution in [1.29, 1.82) is 0 Å². The molecule has 2 aliphatic heterocycles. The van der Waals surface area contributed by atoms with Crippen molar-refractivity contribution >= 4 is 15.9 Å².